The zero-order valence-electron chi connectivity index (χ0n) is 22.1. The van der Waals surface area contributed by atoms with Crippen molar-refractivity contribution in [1.82, 2.24) is 9.88 Å². The number of hydrogen-bond acceptors (Lipinski definition) is 7. The third kappa shape index (κ3) is 6.69. The molecule has 1 fully saturated rings. The predicted octanol–water partition coefficient (Wildman–Crippen LogP) is 2.86. The summed E-state index contributed by atoms with van der Waals surface area (Å²) in [6.07, 6.45) is -3.40. The van der Waals surface area contributed by atoms with Gasteiger partial charge < -0.3 is 34.1 Å². The van der Waals surface area contributed by atoms with E-state index in [4.69, 9.17) is 9.47 Å². The predicted molar refractivity (Wildman–Crippen MR) is 141 cm³/mol. The number of aromatic nitrogens is 1. The van der Waals surface area contributed by atoms with Crippen LogP contribution in [-0.4, -0.2) is 67.9 Å². The van der Waals surface area contributed by atoms with Crippen LogP contribution in [0.15, 0.2) is 71.7 Å². The summed E-state index contributed by atoms with van der Waals surface area (Å²) < 4.78 is 53.0. The van der Waals surface area contributed by atoms with Gasteiger partial charge in [-0.05, 0) is 54.1 Å². The Morgan fingerprint density at radius 3 is 2.29 bits per heavy atom. The minimum absolute atomic E-state index is 0.00618. The van der Waals surface area contributed by atoms with Crippen molar-refractivity contribution in [2.24, 2.45) is 0 Å². The van der Waals surface area contributed by atoms with Gasteiger partial charge in [-0.3, -0.25) is 14.4 Å². The average Bonchev–Trinajstić information content (AvgIpc) is 3.27. The highest BCUT2D eigenvalue weighted by molar-refractivity contribution is 6.05. The number of benzene rings is 2. The fraction of sp³-hybridized carbons (Fsp3) is 0.321. The van der Waals surface area contributed by atoms with Crippen molar-refractivity contribution < 1.29 is 42.1 Å². The Morgan fingerprint density at radius 1 is 1.05 bits per heavy atom. The molecule has 3 aromatic rings. The van der Waals surface area contributed by atoms with E-state index >= 15 is 0 Å². The summed E-state index contributed by atoms with van der Waals surface area (Å²) >= 11 is 0. The molecular formula is C28H28F3N3O7. The van der Waals surface area contributed by atoms with Crippen LogP contribution in [0.1, 0.15) is 27.9 Å². The highest BCUT2D eigenvalue weighted by atomic mass is 19.4. The van der Waals surface area contributed by atoms with E-state index in [9.17, 15) is 32.7 Å². The number of carbonyl (C=O) groups is 2. The standard InChI is InChI=1S/C28H28F3N3O7/c1-39-16-19(15-35)33-13-3-4-23(26(33)37)34-14-22(17-5-9-20(40-2)10-6-17)24(27(34)38)32-25(36)18-7-11-21(12-8-18)41-28(29,30)31/h3-13,19,22,24,35H,14-16H2,1-2H3,(H,32,36)/t19?,22-,24?/m0/s1. The Balaban J connectivity index is 1.66. The molecule has 0 saturated carbocycles. The fourth-order valence-electron chi connectivity index (χ4n) is 4.70. The molecule has 1 saturated heterocycles. The van der Waals surface area contributed by atoms with Crippen molar-refractivity contribution in [3.63, 3.8) is 0 Å². The molecule has 13 heteroatoms. The van der Waals surface area contributed by atoms with E-state index < -0.39 is 47.5 Å². The first-order chi connectivity index (χ1) is 19.6. The van der Waals surface area contributed by atoms with E-state index in [1.54, 1.807) is 30.3 Å². The van der Waals surface area contributed by atoms with Gasteiger partial charge in [0.2, 0.25) is 5.91 Å². The lowest BCUT2D eigenvalue weighted by molar-refractivity contribution is -0.274. The second-order valence-corrected chi connectivity index (χ2v) is 9.25. The van der Waals surface area contributed by atoms with Gasteiger partial charge in [0, 0.05) is 31.3 Å². The van der Waals surface area contributed by atoms with E-state index in [-0.39, 0.29) is 31.0 Å². The summed E-state index contributed by atoms with van der Waals surface area (Å²) in [6.45, 7) is -0.263. The van der Waals surface area contributed by atoms with Gasteiger partial charge in [0.15, 0.2) is 0 Å². The maximum atomic E-state index is 13.7. The Kier molecular flexibility index (Phi) is 8.98. The fourth-order valence-corrected chi connectivity index (χ4v) is 4.70. The first kappa shape index (κ1) is 29.6. The number of amides is 2. The van der Waals surface area contributed by atoms with Crippen LogP contribution in [-0.2, 0) is 9.53 Å². The molecule has 2 N–H and O–H groups in total. The number of aliphatic hydroxyl groups excluding tert-OH is 1. The van der Waals surface area contributed by atoms with E-state index in [1.807, 2.05) is 0 Å². The van der Waals surface area contributed by atoms with Crippen LogP contribution >= 0.6 is 0 Å². The monoisotopic (exact) mass is 575 g/mol. The number of hydrogen-bond donors (Lipinski definition) is 2. The van der Waals surface area contributed by atoms with Crippen LogP contribution in [0, 0.1) is 0 Å². The molecule has 2 aromatic carbocycles. The van der Waals surface area contributed by atoms with Crippen LogP contribution in [0.5, 0.6) is 11.5 Å². The number of carbonyl (C=O) groups excluding carboxylic acids is 2. The molecule has 1 aromatic heterocycles. The van der Waals surface area contributed by atoms with Crippen LogP contribution in [0.3, 0.4) is 0 Å². The number of ether oxygens (including phenoxy) is 3. The second-order valence-electron chi connectivity index (χ2n) is 9.25. The van der Waals surface area contributed by atoms with Gasteiger partial charge in [-0.1, -0.05) is 12.1 Å². The van der Waals surface area contributed by atoms with Crippen LogP contribution < -0.4 is 25.2 Å². The quantitative estimate of drug-likeness (QED) is 0.382. The summed E-state index contributed by atoms with van der Waals surface area (Å²) in [5, 5.41) is 12.4. The SMILES string of the molecule is COCC(CO)n1cccc(N2C[C@@H](c3ccc(OC)cc3)C(NC(=O)c3ccc(OC(F)(F)F)cc3)C2=O)c1=O. The number of methoxy groups -OCH3 is 2. The first-order valence-electron chi connectivity index (χ1n) is 12.5. The van der Waals surface area contributed by atoms with E-state index in [2.05, 4.69) is 10.1 Å². The largest absolute Gasteiger partial charge is 0.573 e. The molecule has 2 unspecified atom stereocenters. The minimum atomic E-state index is -4.88. The summed E-state index contributed by atoms with van der Waals surface area (Å²) in [7, 11) is 2.94. The van der Waals surface area contributed by atoms with Gasteiger partial charge in [0.1, 0.15) is 23.2 Å². The molecule has 0 bridgehead atoms. The number of nitrogens with one attached hydrogen (secondary N) is 1. The lowest BCUT2D eigenvalue weighted by atomic mass is 9.93. The Hall–Kier alpha value is -4.36. The Labute approximate surface area is 232 Å². The van der Waals surface area contributed by atoms with Crippen molar-refractivity contribution >= 4 is 17.5 Å². The zero-order valence-corrected chi connectivity index (χ0v) is 22.1. The summed E-state index contributed by atoms with van der Waals surface area (Å²) in [5.74, 6) is -1.77. The Morgan fingerprint density at radius 2 is 1.71 bits per heavy atom. The van der Waals surface area contributed by atoms with Crippen molar-refractivity contribution in [2.75, 3.05) is 38.9 Å². The van der Waals surface area contributed by atoms with Gasteiger partial charge in [0.05, 0.1) is 26.4 Å². The lowest BCUT2D eigenvalue weighted by Crippen LogP contribution is -2.44. The number of rotatable bonds is 10. The van der Waals surface area contributed by atoms with Crippen LogP contribution in [0.2, 0.25) is 0 Å². The van der Waals surface area contributed by atoms with Gasteiger partial charge in [-0.15, -0.1) is 13.2 Å². The normalized spacial score (nSPS) is 17.8. The van der Waals surface area contributed by atoms with Crippen molar-refractivity contribution in [1.29, 1.82) is 0 Å². The molecule has 4 rings (SSSR count). The lowest BCUT2D eigenvalue weighted by Gasteiger charge is -2.21. The number of alkyl halides is 3. The number of aliphatic hydroxyl groups is 1. The average molecular weight is 576 g/mol. The number of anilines is 1. The maximum Gasteiger partial charge on any atom is 0.573 e. The van der Waals surface area contributed by atoms with Crippen molar-refractivity contribution in [3.05, 3.63) is 88.3 Å². The Bertz CT molecular complexity index is 1430. The molecule has 2 heterocycles. The number of halogens is 3. The molecule has 0 aliphatic carbocycles. The van der Waals surface area contributed by atoms with Gasteiger partial charge in [-0.25, -0.2) is 0 Å². The van der Waals surface area contributed by atoms with E-state index in [1.165, 1.54) is 35.9 Å². The topological polar surface area (TPSA) is 119 Å². The summed E-state index contributed by atoms with van der Waals surface area (Å²) in [6, 6.07) is 12.4. The molecule has 1 aliphatic heterocycles. The molecule has 0 radical (unpaired) electrons. The smallest absolute Gasteiger partial charge is 0.497 e. The van der Waals surface area contributed by atoms with Gasteiger partial charge >= 0.3 is 6.36 Å². The molecule has 3 atom stereocenters. The number of nitrogens with zero attached hydrogens (tertiary/aromatic N) is 2. The molecule has 1 aliphatic rings. The molecular weight excluding hydrogens is 547 g/mol. The summed E-state index contributed by atoms with van der Waals surface area (Å²) in [4.78, 5) is 41.5. The minimum Gasteiger partial charge on any atom is -0.497 e. The van der Waals surface area contributed by atoms with Crippen LogP contribution in [0.25, 0.3) is 0 Å². The molecule has 10 nitrogen and oxygen atoms in total. The third-order valence-electron chi connectivity index (χ3n) is 6.70. The molecule has 0 spiro atoms. The van der Waals surface area contributed by atoms with Gasteiger partial charge in [-0.2, -0.15) is 0 Å². The number of pyridine rings is 1. The first-order valence-corrected chi connectivity index (χ1v) is 12.5. The van der Waals surface area contributed by atoms with Crippen molar-refractivity contribution in [2.45, 2.75) is 24.4 Å². The molecule has 218 valence electrons. The van der Waals surface area contributed by atoms with Gasteiger partial charge in [0.25, 0.3) is 11.5 Å². The maximum absolute atomic E-state index is 13.7. The van der Waals surface area contributed by atoms with Crippen molar-refractivity contribution in [3.8, 4) is 11.5 Å². The highest BCUT2D eigenvalue weighted by Crippen LogP contribution is 2.32. The van der Waals surface area contributed by atoms with E-state index in [0.717, 1.165) is 24.3 Å². The third-order valence-corrected chi connectivity index (χ3v) is 6.70. The summed E-state index contributed by atoms with van der Waals surface area (Å²) in [5.41, 5.74) is 0.213. The van der Waals surface area contributed by atoms with Crippen LogP contribution in [0.4, 0.5) is 18.9 Å². The molecule has 2 amide bonds. The molecule has 41 heavy (non-hydrogen) atoms. The zero-order chi connectivity index (χ0) is 29.7. The highest BCUT2D eigenvalue weighted by Gasteiger charge is 2.44. The van der Waals surface area contributed by atoms with E-state index in [0.29, 0.717) is 11.3 Å². The second kappa shape index (κ2) is 12.4.